The zero-order valence-corrected chi connectivity index (χ0v) is 13.9. The van der Waals surface area contributed by atoms with Gasteiger partial charge in [-0.3, -0.25) is 4.79 Å². The van der Waals surface area contributed by atoms with Crippen molar-refractivity contribution in [3.8, 4) is 0 Å². The summed E-state index contributed by atoms with van der Waals surface area (Å²) in [4.78, 5) is 22.3. The fraction of sp³-hybridized carbons (Fsp3) is 0.556. The average Bonchev–Trinajstić information content (AvgIpc) is 2.97. The highest BCUT2D eigenvalue weighted by molar-refractivity contribution is 5.76. The average molecular weight is 312 g/mol. The van der Waals surface area contributed by atoms with Gasteiger partial charge < -0.3 is 14.4 Å². The summed E-state index contributed by atoms with van der Waals surface area (Å²) in [6.07, 6.45) is 1.23. The minimum Gasteiger partial charge on any atom is -0.351 e. The summed E-state index contributed by atoms with van der Waals surface area (Å²) < 4.78 is 1.85. The first kappa shape index (κ1) is 14.7. The molecule has 4 rings (SSSR count). The molecule has 2 aliphatic rings. The molecule has 3 heterocycles. The molecule has 122 valence electrons. The molecule has 2 saturated heterocycles. The number of aromatic nitrogens is 2. The lowest BCUT2D eigenvalue weighted by Gasteiger charge is -2.31. The second kappa shape index (κ2) is 5.64. The summed E-state index contributed by atoms with van der Waals surface area (Å²) in [5.74, 6) is 2.01. The lowest BCUT2D eigenvalue weighted by molar-refractivity contribution is 0.178. The number of hydrogen-bond donors (Lipinski definition) is 0. The monoisotopic (exact) mass is 312 g/mol. The third-order valence-electron chi connectivity index (χ3n) is 5.46. The fourth-order valence-electron chi connectivity index (χ4n) is 4.22. The van der Waals surface area contributed by atoms with E-state index in [2.05, 4.69) is 16.8 Å². The summed E-state index contributed by atoms with van der Waals surface area (Å²) in [5, 5.41) is 0. The van der Waals surface area contributed by atoms with Crippen LogP contribution in [-0.2, 0) is 6.54 Å². The Morgan fingerprint density at radius 3 is 2.78 bits per heavy atom. The van der Waals surface area contributed by atoms with Gasteiger partial charge in [-0.2, -0.15) is 0 Å². The highest BCUT2D eigenvalue weighted by atomic mass is 16.1. The van der Waals surface area contributed by atoms with E-state index in [1.165, 1.54) is 13.0 Å². The van der Waals surface area contributed by atoms with Crippen molar-refractivity contribution in [1.82, 2.24) is 14.5 Å². The van der Waals surface area contributed by atoms with E-state index in [1.807, 2.05) is 35.8 Å². The summed E-state index contributed by atoms with van der Waals surface area (Å²) in [7, 11) is 2.19. The van der Waals surface area contributed by atoms with E-state index < -0.39 is 0 Å². The predicted octanol–water partition coefficient (Wildman–Crippen LogP) is 1.80. The Balaban J connectivity index is 1.75. The fourth-order valence-corrected chi connectivity index (χ4v) is 4.22. The first-order valence-electron chi connectivity index (χ1n) is 8.60. The minimum atomic E-state index is 0.0539. The lowest BCUT2D eigenvalue weighted by atomic mass is 9.89. The molecule has 2 aromatic rings. The molecule has 5 nitrogen and oxygen atoms in total. The number of hydrogen-bond acceptors (Lipinski definition) is 4. The molecule has 5 heteroatoms. The van der Waals surface area contributed by atoms with Crippen molar-refractivity contribution in [3.63, 3.8) is 0 Å². The van der Waals surface area contributed by atoms with Crippen LogP contribution in [0.5, 0.6) is 0 Å². The van der Waals surface area contributed by atoms with E-state index in [9.17, 15) is 4.79 Å². The Bertz CT molecular complexity index is 784. The van der Waals surface area contributed by atoms with E-state index in [1.54, 1.807) is 0 Å². The quantitative estimate of drug-likeness (QED) is 0.848. The Hall–Kier alpha value is -1.88. The molecule has 0 amide bonds. The predicted molar refractivity (Wildman–Crippen MR) is 93.0 cm³/mol. The van der Waals surface area contributed by atoms with E-state index in [4.69, 9.17) is 4.98 Å². The molecule has 0 saturated carbocycles. The molecule has 0 aliphatic carbocycles. The molecule has 0 radical (unpaired) electrons. The van der Waals surface area contributed by atoms with Gasteiger partial charge in [0, 0.05) is 26.2 Å². The standard InChI is InChI=1S/C18H24N4O/c1-3-22-16-7-5-4-6-15(16)19-17(18(22)23)21-11-13-8-9-20(2)10-14(13)12-21/h4-7,13-14H,3,8-12H2,1-2H3/t13-,14+/m0/s1. The maximum absolute atomic E-state index is 12.9. The van der Waals surface area contributed by atoms with Crippen molar-refractivity contribution < 1.29 is 0 Å². The second-order valence-electron chi connectivity index (χ2n) is 6.95. The van der Waals surface area contributed by atoms with Crippen molar-refractivity contribution in [1.29, 1.82) is 0 Å². The van der Waals surface area contributed by atoms with Crippen LogP contribution in [0.3, 0.4) is 0 Å². The topological polar surface area (TPSA) is 41.4 Å². The van der Waals surface area contributed by atoms with Crippen LogP contribution in [0.4, 0.5) is 5.82 Å². The Labute approximate surface area is 136 Å². The molecular weight excluding hydrogens is 288 g/mol. The molecule has 2 fully saturated rings. The van der Waals surface area contributed by atoms with Crippen LogP contribution in [0, 0.1) is 11.8 Å². The summed E-state index contributed by atoms with van der Waals surface area (Å²) in [5.41, 5.74) is 1.90. The lowest BCUT2D eigenvalue weighted by Crippen LogP contribution is -2.37. The highest BCUT2D eigenvalue weighted by Gasteiger charge is 2.37. The molecule has 2 aliphatic heterocycles. The van der Waals surface area contributed by atoms with E-state index >= 15 is 0 Å². The van der Waals surface area contributed by atoms with Gasteiger partial charge >= 0.3 is 0 Å². The maximum Gasteiger partial charge on any atom is 0.293 e. The first-order valence-corrected chi connectivity index (χ1v) is 8.60. The number of aryl methyl sites for hydroxylation is 1. The van der Waals surface area contributed by atoms with Gasteiger partial charge in [0.25, 0.3) is 5.56 Å². The van der Waals surface area contributed by atoms with Crippen LogP contribution in [0.1, 0.15) is 13.3 Å². The molecule has 2 atom stereocenters. The van der Waals surface area contributed by atoms with Gasteiger partial charge in [0.2, 0.25) is 0 Å². The van der Waals surface area contributed by atoms with Crippen molar-refractivity contribution in [2.24, 2.45) is 11.8 Å². The highest BCUT2D eigenvalue weighted by Crippen LogP contribution is 2.32. The van der Waals surface area contributed by atoms with Crippen molar-refractivity contribution >= 4 is 16.9 Å². The summed E-state index contributed by atoms with van der Waals surface area (Å²) in [6, 6.07) is 7.94. The van der Waals surface area contributed by atoms with Crippen LogP contribution in [0.2, 0.25) is 0 Å². The molecule has 0 unspecified atom stereocenters. The van der Waals surface area contributed by atoms with Gasteiger partial charge in [0.15, 0.2) is 5.82 Å². The third-order valence-corrected chi connectivity index (χ3v) is 5.46. The summed E-state index contributed by atoms with van der Waals surface area (Å²) in [6.45, 7) is 6.94. The zero-order valence-electron chi connectivity index (χ0n) is 13.9. The molecule has 1 aromatic carbocycles. The number of benzene rings is 1. The normalized spacial score (nSPS) is 25.0. The van der Waals surface area contributed by atoms with Crippen molar-refractivity contribution in [2.45, 2.75) is 19.9 Å². The second-order valence-corrected chi connectivity index (χ2v) is 6.95. The zero-order chi connectivity index (χ0) is 16.0. The number of nitrogens with zero attached hydrogens (tertiary/aromatic N) is 4. The third kappa shape index (κ3) is 2.43. The largest absolute Gasteiger partial charge is 0.351 e. The minimum absolute atomic E-state index is 0.0539. The Morgan fingerprint density at radius 2 is 1.96 bits per heavy atom. The van der Waals surface area contributed by atoms with Crippen LogP contribution < -0.4 is 10.5 Å². The number of piperidine rings is 1. The number of rotatable bonds is 2. The van der Waals surface area contributed by atoms with Crippen LogP contribution in [0.15, 0.2) is 29.1 Å². The van der Waals surface area contributed by atoms with Gasteiger partial charge in [-0.25, -0.2) is 4.98 Å². The maximum atomic E-state index is 12.9. The van der Waals surface area contributed by atoms with Crippen molar-refractivity contribution in [3.05, 3.63) is 34.6 Å². The van der Waals surface area contributed by atoms with E-state index in [-0.39, 0.29) is 5.56 Å². The van der Waals surface area contributed by atoms with Gasteiger partial charge in [-0.05, 0) is 50.9 Å². The van der Waals surface area contributed by atoms with Crippen LogP contribution in [-0.4, -0.2) is 47.7 Å². The van der Waals surface area contributed by atoms with Gasteiger partial charge in [-0.1, -0.05) is 12.1 Å². The molecule has 0 bridgehead atoms. The van der Waals surface area contributed by atoms with Crippen LogP contribution in [0.25, 0.3) is 11.0 Å². The smallest absolute Gasteiger partial charge is 0.293 e. The molecule has 23 heavy (non-hydrogen) atoms. The van der Waals surface area contributed by atoms with Gasteiger partial charge in [-0.15, -0.1) is 0 Å². The molecule has 0 spiro atoms. The van der Waals surface area contributed by atoms with Gasteiger partial charge in [0.1, 0.15) is 0 Å². The molecule has 0 N–H and O–H groups in total. The number of anilines is 1. The van der Waals surface area contributed by atoms with E-state index in [0.717, 1.165) is 30.7 Å². The number of likely N-dealkylation sites (tertiary alicyclic amines) is 1. The Morgan fingerprint density at radius 1 is 1.17 bits per heavy atom. The SMILES string of the molecule is CCn1c(=O)c(N2C[C@H]3CN(C)CC[C@H]3C2)nc2ccccc21. The first-order chi connectivity index (χ1) is 11.2. The van der Waals surface area contributed by atoms with E-state index in [0.29, 0.717) is 24.2 Å². The van der Waals surface area contributed by atoms with Gasteiger partial charge in [0.05, 0.1) is 11.0 Å². The van der Waals surface area contributed by atoms with Crippen molar-refractivity contribution in [2.75, 3.05) is 38.1 Å². The number of para-hydroxylation sites is 2. The summed E-state index contributed by atoms with van der Waals surface area (Å²) >= 11 is 0. The number of fused-ring (bicyclic) bond motifs is 2. The van der Waals surface area contributed by atoms with Crippen LogP contribution >= 0.6 is 0 Å². The molecular formula is C18H24N4O. The molecule has 1 aromatic heterocycles. The Kier molecular flexibility index (Phi) is 3.60.